The number of hydrogen-bond acceptors (Lipinski definition) is 7. The highest BCUT2D eigenvalue weighted by Gasteiger charge is 2.10. The first kappa shape index (κ1) is 18.6. The zero-order chi connectivity index (χ0) is 15.2. The molecule has 0 amide bonds. The van der Waals surface area contributed by atoms with Gasteiger partial charge >= 0.3 is 11.9 Å². The second-order valence-electron chi connectivity index (χ2n) is 3.64. The molecule has 0 radical (unpaired) electrons. The summed E-state index contributed by atoms with van der Waals surface area (Å²) in [4.78, 5) is 22.4. The van der Waals surface area contributed by atoms with Gasteiger partial charge in [-0.05, 0) is 6.92 Å². The normalized spacial score (nSPS) is 10.1. The van der Waals surface area contributed by atoms with E-state index in [0.717, 1.165) is 0 Å². The Balaban J connectivity index is 3.50. The fourth-order valence-electron chi connectivity index (χ4n) is 1.02. The van der Waals surface area contributed by atoms with E-state index in [-0.39, 0.29) is 32.0 Å². The second kappa shape index (κ2) is 12.6. The number of esters is 2. The minimum absolute atomic E-state index is 0.0862. The Labute approximate surface area is 118 Å². The van der Waals surface area contributed by atoms with Crippen LogP contribution in [0.3, 0.4) is 0 Å². The summed E-state index contributed by atoms with van der Waals surface area (Å²) >= 11 is 0. The summed E-state index contributed by atoms with van der Waals surface area (Å²) in [6, 6.07) is 0. The summed E-state index contributed by atoms with van der Waals surface area (Å²) in [6.07, 6.45) is 0. The molecule has 0 rings (SSSR count). The third-order valence-corrected chi connectivity index (χ3v) is 2.00. The molecule has 0 bridgehead atoms. The molecule has 0 aliphatic rings. The van der Waals surface area contributed by atoms with Crippen molar-refractivity contribution in [3.8, 4) is 0 Å². The highest BCUT2D eigenvalue weighted by atomic mass is 16.6. The Bertz CT molecular complexity index is 301. The van der Waals surface area contributed by atoms with Gasteiger partial charge in [0, 0.05) is 7.11 Å². The highest BCUT2D eigenvalue weighted by Crippen LogP contribution is 1.96. The number of methoxy groups -OCH3 is 1. The van der Waals surface area contributed by atoms with Gasteiger partial charge in [0.1, 0.15) is 13.2 Å². The molecular weight excluding hydrogens is 268 g/mol. The molecule has 0 spiro atoms. The van der Waals surface area contributed by atoms with Gasteiger partial charge in [-0.25, -0.2) is 9.59 Å². The maximum atomic E-state index is 11.3. The van der Waals surface area contributed by atoms with Crippen molar-refractivity contribution < 1.29 is 33.3 Å². The average molecular weight is 290 g/mol. The van der Waals surface area contributed by atoms with Crippen LogP contribution >= 0.6 is 0 Å². The van der Waals surface area contributed by atoms with E-state index in [1.165, 1.54) is 0 Å². The number of ether oxygens (including phenoxy) is 5. The number of carbonyl (C=O) groups is 2. The molecule has 116 valence electrons. The maximum absolute atomic E-state index is 11.3. The quantitative estimate of drug-likeness (QED) is 0.291. The lowest BCUT2D eigenvalue weighted by molar-refractivity contribution is -0.149. The molecule has 0 saturated heterocycles. The van der Waals surface area contributed by atoms with Gasteiger partial charge in [0.25, 0.3) is 0 Å². The molecule has 0 aliphatic carbocycles. The van der Waals surface area contributed by atoms with E-state index in [1.54, 1.807) is 14.0 Å². The molecule has 0 aromatic rings. The van der Waals surface area contributed by atoms with Crippen LogP contribution in [0.4, 0.5) is 0 Å². The number of rotatable bonds is 12. The first-order valence-electron chi connectivity index (χ1n) is 6.26. The van der Waals surface area contributed by atoms with Crippen molar-refractivity contribution in [1.82, 2.24) is 0 Å². The molecule has 0 aliphatic heterocycles. The van der Waals surface area contributed by atoms with E-state index in [9.17, 15) is 9.59 Å². The van der Waals surface area contributed by atoms with Crippen LogP contribution in [0.2, 0.25) is 0 Å². The van der Waals surface area contributed by atoms with E-state index in [2.05, 4.69) is 6.58 Å². The Morgan fingerprint density at radius 2 is 1.60 bits per heavy atom. The minimum Gasteiger partial charge on any atom is -0.463 e. The Morgan fingerprint density at radius 3 is 2.25 bits per heavy atom. The lowest BCUT2D eigenvalue weighted by Crippen LogP contribution is -2.19. The van der Waals surface area contributed by atoms with Gasteiger partial charge in [-0.1, -0.05) is 6.58 Å². The van der Waals surface area contributed by atoms with Crippen LogP contribution in [0.1, 0.15) is 6.92 Å². The molecule has 0 aromatic carbocycles. The van der Waals surface area contributed by atoms with Crippen molar-refractivity contribution >= 4 is 11.9 Å². The SMILES string of the molecule is C=C(COC(=O)COCCOCCOC)C(=O)OCC. The average Bonchev–Trinajstić information content (AvgIpc) is 2.44. The van der Waals surface area contributed by atoms with Crippen LogP contribution in [0, 0.1) is 0 Å². The predicted molar refractivity (Wildman–Crippen MR) is 70.2 cm³/mol. The fourth-order valence-corrected chi connectivity index (χ4v) is 1.02. The molecule has 0 fully saturated rings. The molecule has 0 saturated carbocycles. The van der Waals surface area contributed by atoms with Crippen molar-refractivity contribution in [2.75, 3.05) is 53.4 Å². The van der Waals surface area contributed by atoms with Crippen LogP contribution in [-0.4, -0.2) is 65.3 Å². The highest BCUT2D eigenvalue weighted by molar-refractivity contribution is 5.88. The Hall–Kier alpha value is -1.44. The van der Waals surface area contributed by atoms with E-state index in [1.807, 2.05) is 0 Å². The van der Waals surface area contributed by atoms with Gasteiger partial charge in [-0.2, -0.15) is 0 Å². The Morgan fingerprint density at radius 1 is 0.950 bits per heavy atom. The molecule has 0 unspecified atom stereocenters. The largest absolute Gasteiger partial charge is 0.463 e. The van der Waals surface area contributed by atoms with Crippen molar-refractivity contribution in [3.05, 3.63) is 12.2 Å². The summed E-state index contributed by atoms with van der Waals surface area (Å²) in [6.45, 7) is 6.61. The van der Waals surface area contributed by atoms with Crippen molar-refractivity contribution in [2.45, 2.75) is 6.92 Å². The lowest BCUT2D eigenvalue weighted by atomic mass is 10.3. The zero-order valence-electron chi connectivity index (χ0n) is 12.0. The molecule has 0 N–H and O–H groups in total. The summed E-state index contributed by atoms with van der Waals surface area (Å²) in [7, 11) is 1.58. The third kappa shape index (κ3) is 10.5. The predicted octanol–water partition coefficient (Wildman–Crippen LogP) is 0.329. The van der Waals surface area contributed by atoms with E-state index < -0.39 is 11.9 Å². The van der Waals surface area contributed by atoms with Crippen LogP contribution in [0.5, 0.6) is 0 Å². The summed E-state index contributed by atoms with van der Waals surface area (Å²) in [5, 5.41) is 0. The van der Waals surface area contributed by atoms with E-state index >= 15 is 0 Å². The summed E-state index contributed by atoms with van der Waals surface area (Å²) in [5.41, 5.74) is 0.0862. The number of carbonyl (C=O) groups excluding carboxylic acids is 2. The van der Waals surface area contributed by atoms with Crippen LogP contribution in [0.25, 0.3) is 0 Å². The molecule has 0 aromatic heterocycles. The second-order valence-corrected chi connectivity index (χ2v) is 3.64. The topological polar surface area (TPSA) is 80.3 Å². The standard InChI is InChI=1S/C13H22O7/c1-4-19-13(15)11(2)9-20-12(14)10-18-8-7-17-6-5-16-3/h2,4-10H2,1,3H3. The molecule has 20 heavy (non-hydrogen) atoms. The maximum Gasteiger partial charge on any atom is 0.336 e. The monoisotopic (exact) mass is 290 g/mol. The zero-order valence-corrected chi connectivity index (χ0v) is 12.0. The van der Waals surface area contributed by atoms with Crippen molar-refractivity contribution in [2.24, 2.45) is 0 Å². The third-order valence-electron chi connectivity index (χ3n) is 2.00. The summed E-state index contributed by atoms with van der Waals surface area (Å²) < 4.78 is 24.4. The van der Waals surface area contributed by atoms with Gasteiger partial charge in [0.15, 0.2) is 0 Å². The van der Waals surface area contributed by atoms with Crippen LogP contribution in [0.15, 0.2) is 12.2 Å². The lowest BCUT2D eigenvalue weighted by Gasteiger charge is -2.08. The van der Waals surface area contributed by atoms with E-state index in [4.69, 9.17) is 23.7 Å². The minimum atomic E-state index is -0.577. The van der Waals surface area contributed by atoms with Gasteiger partial charge in [-0.3, -0.25) is 0 Å². The molecule has 0 heterocycles. The number of hydrogen-bond donors (Lipinski definition) is 0. The van der Waals surface area contributed by atoms with Crippen LogP contribution < -0.4 is 0 Å². The van der Waals surface area contributed by atoms with E-state index in [0.29, 0.717) is 19.8 Å². The van der Waals surface area contributed by atoms with Gasteiger partial charge in [-0.15, -0.1) is 0 Å². The van der Waals surface area contributed by atoms with Crippen molar-refractivity contribution in [3.63, 3.8) is 0 Å². The van der Waals surface area contributed by atoms with Crippen molar-refractivity contribution in [1.29, 1.82) is 0 Å². The Kier molecular flexibility index (Phi) is 11.7. The fraction of sp³-hybridized carbons (Fsp3) is 0.692. The molecular formula is C13H22O7. The molecule has 7 heteroatoms. The molecule has 0 atom stereocenters. The van der Waals surface area contributed by atoms with Gasteiger partial charge in [0.05, 0.1) is 38.6 Å². The van der Waals surface area contributed by atoms with Gasteiger partial charge < -0.3 is 23.7 Å². The van der Waals surface area contributed by atoms with Crippen LogP contribution in [-0.2, 0) is 33.3 Å². The van der Waals surface area contributed by atoms with Gasteiger partial charge in [0.2, 0.25) is 0 Å². The molecule has 7 nitrogen and oxygen atoms in total. The first-order valence-corrected chi connectivity index (χ1v) is 6.26. The summed E-state index contributed by atoms with van der Waals surface area (Å²) in [5.74, 6) is -1.15. The first-order chi connectivity index (χ1) is 9.61. The smallest absolute Gasteiger partial charge is 0.336 e.